The summed E-state index contributed by atoms with van der Waals surface area (Å²) in [5, 5.41) is 6.11. The molecule has 2 rings (SSSR count). The number of carbonyl (C=O) groups excluding carboxylic acids is 1. The number of rotatable bonds is 5. The molecular formula is C15H22FN3O3S. The molecule has 1 aliphatic rings. The number of carbonyl (C=O) groups is 1. The lowest BCUT2D eigenvalue weighted by molar-refractivity contribution is -0.123. The fourth-order valence-corrected chi connectivity index (χ4v) is 3.88. The zero-order valence-corrected chi connectivity index (χ0v) is 14.0. The molecule has 3 atom stereocenters. The molecule has 0 radical (unpaired) electrons. The van der Waals surface area contributed by atoms with E-state index in [4.69, 9.17) is 0 Å². The summed E-state index contributed by atoms with van der Waals surface area (Å²) in [5.41, 5.74) is 0. The number of hydrogen-bond donors (Lipinski definition) is 3. The van der Waals surface area contributed by atoms with Crippen molar-refractivity contribution in [1.82, 2.24) is 15.4 Å². The van der Waals surface area contributed by atoms with Gasteiger partial charge in [-0.2, -0.15) is 4.72 Å². The van der Waals surface area contributed by atoms with Crippen LogP contribution < -0.4 is 15.4 Å². The zero-order valence-electron chi connectivity index (χ0n) is 13.2. The number of hydrogen-bond acceptors (Lipinski definition) is 4. The van der Waals surface area contributed by atoms with Gasteiger partial charge in [0.15, 0.2) is 0 Å². The van der Waals surface area contributed by atoms with Crippen LogP contribution >= 0.6 is 0 Å². The largest absolute Gasteiger partial charge is 0.352 e. The van der Waals surface area contributed by atoms with Crippen molar-refractivity contribution in [3.8, 4) is 0 Å². The van der Waals surface area contributed by atoms with Crippen molar-refractivity contribution in [2.24, 2.45) is 0 Å². The van der Waals surface area contributed by atoms with Gasteiger partial charge in [0.1, 0.15) is 10.7 Å². The summed E-state index contributed by atoms with van der Waals surface area (Å²) < 4.78 is 40.2. The van der Waals surface area contributed by atoms with Crippen molar-refractivity contribution in [3.63, 3.8) is 0 Å². The van der Waals surface area contributed by atoms with Gasteiger partial charge in [0.05, 0.1) is 6.04 Å². The SMILES string of the molecule is CC1CC(NC(=O)C(C)NS(=O)(=O)c2ccccc2F)CCN1. The minimum Gasteiger partial charge on any atom is -0.352 e. The van der Waals surface area contributed by atoms with Crippen LogP contribution in [0.25, 0.3) is 0 Å². The van der Waals surface area contributed by atoms with E-state index in [2.05, 4.69) is 15.4 Å². The Kier molecular flexibility index (Phi) is 5.72. The van der Waals surface area contributed by atoms with Crippen LogP contribution in [0.3, 0.4) is 0 Å². The van der Waals surface area contributed by atoms with E-state index in [-0.39, 0.29) is 6.04 Å². The smallest absolute Gasteiger partial charge is 0.244 e. The highest BCUT2D eigenvalue weighted by molar-refractivity contribution is 7.89. The standard InChI is InChI=1S/C15H22FN3O3S/c1-10-9-12(7-8-17-10)18-15(20)11(2)19-23(21,22)14-6-4-3-5-13(14)16/h3-6,10-12,17,19H,7-9H2,1-2H3,(H,18,20). The summed E-state index contributed by atoms with van der Waals surface area (Å²) in [7, 11) is -4.08. The third kappa shape index (κ3) is 4.73. The van der Waals surface area contributed by atoms with Crippen LogP contribution in [0, 0.1) is 5.82 Å². The van der Waals surface area contributed by atoms with Crippen LogP contribution in [0.15, 0.2) is 29.2 Å². The Balaban J connectivity index is 1.99. The predicted octanol–water partition coefficient (Wildman–Crippen LogP) is 0.749. The topological polar surface area (TPSA) is 87.3 Å². The van der Waals surface area contributed by atoms with Crippen LogP contribution in [0.1, 0.15) is 26.7 Å². The van der Waals surface area contributed by atoms with Crippen LogP contribution in [-0.4, -0.2) is 39.0 Å². The fraction of sp³-hybridized carbons (Fsp3) is 0.533. The number of sulfonamides is 1. The number of benzene rings is 1. The van der Waals surface area contributed by atoms with Crippen LogP contribution in [0.4, 0.5) is 4.39 Å². The monoisotopic (exact) mass is 343 g/mol. The average molecular weight is 343 g/mol. The van der Waals surface area contributed by atoms with Gasteiger partial charge in [0.25, 0.3) is 0 Å². The first-order chi connectivity index (χ1) is 10.8. The van der Waals surface area contributed by atoms with E-state index < -0.39 is 32.7 Å². The molecule has 0 saturated carbocycles. The number of halogens is 1. The van der Waals surface area contributed by atoms with Gasteiger partial charge in [-0.1, -0.05) is 12.1 Å². The Morgan fingerprint density at radius 1 is 1.39 bits per heavy atom. The Labute approximate surface area is 135 Å². The highest BCUT2D eigenvalue weighted by atomic mass is 32.2. The van der Waals surface area contributed by atoms with E-state index >= 15 is 0 Å². The Bertz CT molecular complexity index is 666. The molecule has 0 spiro atoms. The number of piperidine rings is 1. The molecule has 1 saturated heterocycles. The first-order valence-electron chi connectivity index (χ1n) is 7.60. The fourth-order valence-electron chi connectivity index (χ4n) is 2.60. The Morgan fingerprint density at radius 3 is 2.74 bits per heavy atom. The zero-order chi connectivity index (χ0) is 17.0. The van der Waals surface area contributed by atoms with Crippen molar-refractivity contribution in [2.45, 2.75) is 49.7 Å². The second-order valence-electron chi connectivity index (χ2n) is 5.86. The van der Waals surface area contributed by atoms with E-state index in [0.717, 1.165) is 31.5 Å². The van der Waals surface area contributed by atoms with Gasteiger partial charge in [-0.05, 0) is 45.4 Å². The third-order valence-corrected chi connectivity index (χ3v) is 5.40. The summed E-state index contributed by atoms with van der Waals surface area (Å²) in [5.74, 6) is -1.26. The molecule has 3 N–H and O–H groups in total. The summed E-state index contributed by atoms with van der Waals surface area (Å²) >= 11 is 0. The van der Waals surface area contributed by atoms with Crippen molar-refractivity contribution < 1.29 is 17.6 Å². The van der Waals surface area contributed by atoms with Gasteiger partial charge in [0, 0.05) is 12.1 Å². The van der Waals surface area contributed by atoms with Gasteiger partial charge in [-0.3, -0.25) is 4.79 Å². The molecule has 8 heteroatoms. The van der Waals surface area contributed by atoms with Gasteiger partial charge in [-0.25, -0.2) is 12.8 Å². The van der Waals surface area contributed by atoms with E-state index in [1.54, 1.807) is 0 Å². The molecule has 1 aromatic carbocycles. The molecule has 23 heavy (non-hydrogen) atoms. The number of amides is 1. The summed E-state index contributed by atoms with van der Waals surface area (Å²) in [6.07, 6.45) is 1.58. The van der Waals surface area contributed by atoms with Gasteiger partial charge >= 0.3 is 0 Å². The van der Waals surface area contributed by atoms with Gasteiger partial charge < -0.3 is 10.6 Å². The maximum Gasteiger partial charge on any atom is 0.244 e. The highest BCUT2D eigenvalue weighted by Gasteiger charge is 2.27. The minimum atomic E-state index is -4.08. The van der Waals surface area contributed by atoms with E-state index in [0.29, 0.717) is 6.04 Å². The normalized spacial score (nSPS) is 23.3. The van der Waals surface area contributed by atoms with Crippen molar-refractivity contribution in [2.75, 3.05) is 6.54 Å². The highest BCUT2D eigenvalue weighted by Crippen LogP contribution is 2.14. The van der Waals surface area contributed by atoms with Crippen molar-refractivity contribution in [3.05, 3.63) is 30.1 Å². The van der Waals surface area contributed by atoms with Crippen LogP contribution in [-0.2, 0) is 14.8 Å². The first-order valence-corrected chi connectivity index (χ1v) is 9.08. The molecule has 3 unspecified atom stereocenters. The molecule has 0 bridgehead atoms. The second-order valence-corrected chi connectivity index (χ2v) is 7.54. The number of nitrogens with one attached hydrogen (secondary N) is 3. The summed E-state index contributed by atoms with van der Waals surface area (Å²) in [6.45, 7) is 4.28. The Morgan fingerprint density at radius 2 is 2.09 bits per heavy atom. The first kappa shape index (κ1) is 17.8. The molecule has 1 fully saturated rings. The van der Waals surface area contributed by atoms with Crippen LogP contribution in [0.2, 0.25) is 0 Å². The minimum absolute atomic E-state index is 0.0131. The average Bonchev–Trinajstić information content (AvgIpc) is 2.47. The van der Waals surface area contributed by atoms with Gasteiger partial charge in [-0.15, -0.1) is 0 Å². The molecule has 1 heterocycles. The predicted molar refractivity (Wildman–Crippen MR) is 84.8 cm³/mol. The lowest BCUT2D eigenvalue weighted by Crippen LogP contribution is -2.52. The van der Waals surface area contributed by atoms with Crippen molar-refractivity contribution >= 4 is 15.9 Å². The Hall–Kier alpha value is -1.51. The molecular weight excluding hydrogens is 321 g/mol. The van der Waals surface area contributed by atoms with Crippen molar-refractivity contribution in [1.29, 1.82) is 0 Å². The molecule has 0 aromatic heterocycles. The maximum atomic E-state index is 13.6. The molecule has 6 nitrogen and oxygen atoms in total. The lowest BCUT2D eigenvalue weighted by Gasteiger charge is -2.29. The maximum absolute atomic E-state index is 13.6. The van der Waals surface area contributed by atoms with Crippen LogP contribution in [0.5, 0.6) is 0 Å². The lowest BCUT2D eigenvalue weighted by atomic mass is 10.0. The van der Waals surface area contributed by atoms with E-state index in [1.807, 2.05) is 6.92 Å². The summed E-state index contributed by atoms with van der Waals surface area (Å²) in [6, 6.07) is 4.40. The van der Waals surface area contributed by atoms with E-state index in [9.17, 15) is 17.6 Å². The quantitative estimate of drug-likeness (QED) is 0.736. The molecule has 1 aromatic rings. The molecule has 0 aliphatic carbocycles. The summed E-state index contributed by atoms with van der Waals surface area (Å²) in [4.78, 5) is 11.7. The third-order valence-electron chi connectivity index (χ3n) is 3.82. The molecule has 1 amide bonds. The molecule has 128 valence electrons. The second kappa shape index (κ2) is 7.37. The van der Waals surface area contributed by atoms with Gasteiger partial charge in [0.2, 0.25) is 15.9 Å². The van der Waals surface area contributed by atoms with E-state index in [1.165, 1.54) is 19.1 Å². The molecule has 1 aliphatic heterocycles.